The fourth-order valence-corrected chi connectivity index (χ4v) is 1.98. The number of rotatable bonds is 3. The Kier molecular flexibility index (Phi) is 2.47. The number of carboxylic acids is 1. The summed E-state index contributed by atoms with van der Waals surface area (Å²) in [7, 11) is 0. The summed E-state index contributed by atoms with van der Waals surface area (Å²) in [5.74, 6) is -1.49. The number of carbonyl (C=O) groups is 1. The smallest absolute Gasteiger partial charge is 0.311 e. The van der Waals surface area contributed by atoms with E-state index in [0.29, 0.717) is 11.1 Å². The average molecular weight is 208 g/mol. The van der Waals surface area contributed by atoms with Crippen molar-refractivity contribution in [2.75, 3.05) is 0 Å². The summed E-state index contributed by atoms with van der Waals surface area (Å²) in [5.41, 5.74) is 1.10. The van der Waals surface area contributed by atoms with E-state index in [2.05, 4.69) is 0 Å². The summed E-state index contributed by atoms with van der Waals surface area (Å²) in [5, 5.41) is 9.13. The largest absolute Gasteiger partial charge is 0.481 e. The van der Waals surface area contributed by atoms with Gasteiger partial charge in [-0.15, -0.1) is 0 Å². The second-order valence-electron chi connectivity index (χ2n) is 4.11. The van der Waals surface area contributed by atoms with E-state index in [1.165, 1.54) is 6.07 Å². The molecule has 1 saturated carbocycles. The van der Waals surface area contributed by atoms with Gasteiger partial charge in [0.2, 0.25) is 0 Å². The Morgan fingerprint density at radius 3 is 2.73 bits per heavy atom. The summed E-state index contributed by atoms with van der Waals surface area (Å²) >= 11 is 0. The van der Waals surface area contributed by atoms with Gasteiger partial charge >= 0.3 is 5.97 Å². The highest BCUT2D eigenvalue weighted by Gasteiger charge is 2.38. The topological polar surface area (TPSA) is 37.3 Å². The molecule has 1 N–H and O–H groups in total. The van der Waals surface area contributed by atoms with Crippen LogP contribution in [0.15, 0.2) is 18.2 Å². The standard InChI is InChI=1S/C12H13FO2/c1-7-9(3-2-4-10(7)13)11(12(14)15)8-5-6-8/h2-4,8,11H,5-6H2,1H3,(H,14,15). The SMILES string of the molecule is Cc1c(F)cccc1C(C(=O)O)C1CC1. The minimum Gasteiger partial charge on any atom is -0.481 e. The Morgan fingerprint density at radius 1 is 1.53 bits per heavy atom. The average Bonchev–Trinajstić information content (AvgIpc) is 2.96. The van der Waals surface area contributed by atoms with Crippen molar-refractivity contribution in [1.29, 1.82) is 0 Å². The lowest BCUT2D eigenvalue weighted by Crippen LogP contribution is -2.15. The van der Waals surface area contributed by atoms with Crippen molar-refractivity contribution in [3.8, 4) is 0 Å². The van der Waals surface area contributed by atoms with E-state index in [-0.39, 0.29) is 11.7 Å². The van der Waals surface area contributed by atoms with Crippen molar-refractivity contribution in [1.82, 2.24) is 0 Å². The number of benzene rings is 1. The van der Waals surface area contributed by atoms with E-state index < -0.39 is 11.9 Å². The molecule has 1 aromatic carbocycles. The van der Waals surface area contributed by atoms with E-state index >= 15 is 0 Å². The van der Waals surface area contributed by atoms with Crippen LogP contribution in [0.25, 0.3) is 0 Å². The van der Waals surface area contributed by atoms with Gasteiger partial charge in [0.15, 0.2) is 0 Å². The maximum Gasteiger partial charge on any atom is 0.311 e. The van der Waals surface area contributed by atoms with Crippen LogP contribution in [0.1, 0.15) is 29.9 Å². The van der Waals surface area contributed by atoms with Gasteiger partial charge in [0.05, 0.1) is 5.92 Å². The Bertz CT molecular complexity index is 397. The van der Waals surface area contributed by atoms with E-state index in [1.54, 1.807) is 19.1 Å². The molecular weight excluding hydrogens is 195 g/mol. The first-order valence-electron chi connectivity index (χ1n) is 5.09. The van der Waals surface area contributed by atoms with Crippen molar-refractivity contribution in [3.63, 3.8) is 0 Å². The highest BCUT2D eigenvalue weighted by molar-refractivity contribution is 5.77. The van der Waals surface area contributed by atoms with Crippen LogP contribution in [0.2, 0.25) is 0 Å². The van der Waals surface area contributed by atoms with E-state index in [9.17, 15) is 9.18 Å². The van der Waals surface area contributed by atoms with Gasteiger partial charge < -0.3 is 5.11 Å². The molecule has 0 radical (unpaired) electrons. The molecule has 2 rings (SSSR count). The van der Waals surface area contributed by atoms with E-state index in [0.717, 1.165) is 12.8 Å². The molecule has 0 spiro atoms. The molecule has 0 saturated heterocycles. The molecule has 80 valence electrons. The molecule has 0 amide bonds. The second kappa shape index (κ2) is 3.65. The predicted octanol–water partition coefficient (Wildman–Crippen LogP) is 2.71. The van der Waals surface area contributed by atoms with Crippen molar-refractivity contribution in [2.24, 2.45) is 5.92 Å². The Labute approximate surface area is 87.7 Å². The molecule has 3 heteroatoms. The van der Waals surface area contributed by atoms with Gasteiger partial charge in [-0.2, -0.15) is 0 Å². The predicted molar refractivity (Wildman–Crippen MR) is 54.2 cm³/mol. The molecule has 1 fully saturated rings. The molecule has 0 aliphatic heterocycles. The molecule has 1 unspecified atom stereocenters. The monoisotopic (exact) mass is 208 g/mol. The molecule has 1 aromatic rings. The molecule has 1 atom stereocenters. The molecule has 1 aliphatic rings. The van der Waals surface area contributed by atoms with Crippen LogP contribution in [0.4, 0.5) is 4.39 Å². The quantitative estimate of drug-likeness (QED) is 0.829. The Hall–Kier alpha value is -1.38. The first kappa shape index (κ1) is 10.1. The van der Waals surface area contributed by atoms with Gasteiger partial charge in [0, 0.05) is 0 Å². The molecule has 15 heavy (non-hydrogen) atoms. The van der Waals surface area contributed by atoms with Crippen molar-refractivity contribution in [3.05, 3.63) is 35.1 Å². The maximum absolute atomic E-state index is 13.3. The summed E-state index contributed by atoms with van der Waals surface area (Å²) < 4.78 is 13.3. The van der Waals surface area contributed by atoms with Crippen LogP contribution < -0.4 is 0 Å². The van der Waals surface area contributed by atoms with Crippen molar-refractivity contribution < 1.29 is 14.3 Å². The van der Waals surface area contributed by atoms with Crippen molar-refractivity contribution in [2.45, 2.75) is 25.7 Å². The van der Waals surface area contributed by atoms with Crippen LogP contribution in [-0.2, 0) is 4.79 Å². The van der Waals surface area contributed by atoms with Crippen LogP contribution in [-0.4, -0.2) is 11.1 Å². The number of halogens is 1. The van der Waals surface area contributed by atoms with Gasteiger partial charge in [-0.3, -0.25) is 4.79 Å². The van der Waals surface area contributed by atoms with Crippen LogP contribution in [0, 0.1) is 18.7 Å². The molecule has 0 aromatic heterocycles. The third kappa shape index (κ3) is 1.87. The third-order valence-electron chi connectivity index (χ3n) is 3.00. The summed E-state index contributed by atoms with van der Waals surface area (Å²) in [4.78, 5) is 11.1. The molecule has 0 heterocycles. The maximum atomic E-state index is 13.3. The van der Waals surface area contributed by atoms with Crippen LogP contribution in [0.3, 0.4) is 0 Å². The Balaban J connectivity index is 2.41. The fourth-order valence-electron chi connectivity index (χ4n) is 1.98. The summed E-state index contributed by atoms with van der Waals surface area (Å²) in [6.07, 6.45) is 1.87. The van der Waals surface area contributed by atoms with Gasteiger partial charge in [0.1, 0.15) is 5.82 Å². The summed E-state index contributed by atoms with van der Waals surface area (Å²) in [6.45, 7) is 1.64. The number of hydrogen-bond acceptors (Lipinski definition) is 1. The first-order valence-corrected chi connectivity index (χ1v) is 5.09. The minimum absolute atomic E-state index is 0.197. The molecule has 0 bridgehead atoms. The lowest BCUT2D eigenvalue weighted by Gasteiger charge is -2.14. The van der Waals surface area contributed by atoms with E-state index in [1.807, 2.05) is 0 Å². The second-order valence-corrected chi connectivity index (χ2v) is 4.11. The van der Waals surface area contributed by atoms with E-state index in [4.69, 9.17) is 5.11 Å². The first-order chi connectivity index (χ1) is 7.11. The van der Waals surface area contributed by atoms with Crippen LogP contribution >= 0.6 is 0 Å². The number of hydrogen-bond donors (Lipinski definition) is 1. The fraction of sp³-hybridized carbons (Fsp3) is 0.417. The molecule has 1 aliphatic carbocycles. The molecule has 2 nitrogen and oxygen atoms in total. The normalized spacial score (nSPS) is 17.5. The van der Waals surface area contributed by atoms with Gasteiger partial charge in [-0.25, -0.2) is 4.39 Å². The highest BCUT2D eigenvalue weighted by atomic mass is 19.1. The zero-order valence-corrected chi connectivity index (χ0v) is 8.53. The highest BCUT2D eigenvalue weighted by Crippen LogP contribution is 2.43. The lowest BCUT2D eigenvalue weighted by molar-refractivity contribution is -0.139. The lowest BCUT2D eigenvalue weighted by atomic mass is 9.90. The minimum atomic E-state index is -0.841. The number of aliphatic carboxylic acids is 1. The zero-order valence-electron chi connectivity index (χ0n) is 8.53. The zero-order chi connectivity index (χ0) is 11.0. The third-order valence-corrected chi connectivity index (χ3v) is 3.00. The number of carboxylic acid groups (broad SMARTS) is 1. The Morgan fingerprint density at radius 2 is 2.20 bits per heavy atom. The van der Waals surface area contributed by atoms with Crippen LogP contribution in [0.5, 0.6) is 0 Å². The van der Waals surface area contributed by atoms with Gasteiger partial charge in [-0.1, -0.05) is 12.1 Å². The summed E-state index contributed by atoms with van der Waals surface area (Å²) in [6, 6.07) is 4.66. The molecular formula is C12H13FO2. The van der Waals surface area contributed by atoms with Gasteiger partial charge in [-0.05, 0) is 42.9 Å². The van der Waals surface area contributed by atoms with Gasteiger partial charge in [0.25, 0.3) is 0 Å². The van der Waals surface area contributed by atoms with Crippen molar-refractivity contribution >= 4 is 5.97 Å².